The molecule has 0 aliphatic rings. The molecule has 0 aromatic heterocycles. The van der Waals surface area contributed by atoms with E-state index in [0.29, 0.717) is 11.4 Å². The molecule has 0 fully saturated rings. The summed E-state index contributed by atoms with van der Waals surface area (Å²) in [5, 5.41) is 0. The molecule has 0 amide bonds. The highest BCUT2D eigenvalue weighted by molar-refractivity contribution is 7.92. The van der Waals surface area contributed by atoms with Gasteiger partial charge in [-0.15, -0.1) is 0 Å². The van der Waals surface area contributed by atoms with Gasteiger partial charge in [0.15, 0.2) is 0 Å². The van der Waals surface area contributed by atoms with E-state index in [2.05, 4.69) is 11.6 Å². The summed E-state index contributed by atoms with van der Waals surface area (Å²) in [6.07, 6.45) is 3.28. The molecular weight excluding hydrogens is 298 g/mol. The molecule has 0 unspecified atom stereocenters. The van der Waals surface area contributed by atoms with Crippen molar-refractivity contribution < 1.29 is 13.2 Å². The fraction of sp³-hybridized carbons (Fsp3) is 0.294. The van der Waals surface area contributed by atoms with Crippen molar-refractivity contribution >= 4 is 15.7 Å². The van der Waals surface area contributed by atoms with E-state index < -0.39 is 10.0 Å². The molecule has 0 saturated heterocycles. The van der Waals surface area contributed by atoms with Gasteiger partial charge in [-0.3, -0.25) is 4.72 Å². The summed E-state index contributed by atoms with van der Waals surface area (Å²) in [5.41, 5.74) is 1.76. The Balaban J connectivity index is 2.18. The second-order valence-electron chi connectivity index (χ2n) is 5.06. The standard InChI is InChI=1S/C17H21NO3S/c1-3-4-7-14-10-12-15(13-11-14)18-22(19,20)17-9-6-5-8-16(17)21-2/h5-6,8-13,18H,3-4,7H2,1-2H3. The summed E-state index contributed by atoms with van der Waals surface area (Å²) >= 11 is 0. The van der Waals surface area contributed by atoms with Crippen LogP contribution in [0.25, 0.3) is 0 Å². The lowest BCUT2D eigenvalue weighted by Gasteiger charge is -2.11. The summed E-state index contributed by atoms with van der Waals surface area (Å²) in [6.45, 7) is 2.15. The average molecular weight is 319 g/mol. The zero-order chi connectivity index (χ0) is 16.0. The van der Waals surface area contributed by atoms with Crippen LogP contribution in [0.2, 0.25) is 0 Å². The number of hydrogen-bond donors (Lipinski definition) is 1. The smallest absolute Gasteiger partial charge is 0.265 e. The average Bonchev–Trinajstić information content (AvgIpc) is 2.54. The number of para-hydroxylation sites is 1. The van der Waals surface area contributed by atoms with Crippen LogP contribution in [0.15, 0.2) is 53.4 Å². The number of hydrogen-bond acceptors (Lipinski definition) is 3. The van der Waals surface area contributed by atoms with Gasteiger partial charge in [0, 0.05) is 5.69 Å². The number of sulfonamides is 1. The Morgan fingerprint density at radius 2 is 1.73 bits per heavy atom. The van der Waals surface area contributed by atoms with Crippen molar-refractivity contribution in [3.63, 3.8) is 0 Å². The summed E-state index contributed by atoms with van der Waals surface area (Å²) < 4.78 is 32.6. The van der Waals surface area contributed by atoms with Gasteiger partial charge in [0.25, 0.3) is 10.0 Å². The van der Waals surface area contributed by atoms with E-state index in [-0.39, 0.29) is 4.90 Å². The highest BCUT2D eigenvalue weighted by Crippen LogP contribution is 2.25. The van der Waals surface area contributed by atoms with Gasteiger partial charge in [-0.2, -0.15) is 0 Å². The predicted octanol–water partition coefficient (Wildman–Crippen LogP) is 3.84. The van der Waals surface area contributed by atoms with Crippen molar-refractivity contribution in [3.05, 3.63) is 54.1 Å². The molecule has 0 aliphatic heterocycles. The first-order valence-electron chi connectivity index (χ1n) is 7.31. The minimum Gasteiger partial charge on any atom is -0.495 e. The molecule has 0 spiro atoms. The molecule has 0 radical (unpaired) electrons. The first kappa shape index (κ1) is 16.4. The first-order chi connectivity index (χ1) is 10.6. The van der Waals surface area contributed by atoms with Crippen LogP contribution in [0.5, 0.6) is 5.75 Å². The van der Waals surface area contributed by atoms with Gasteiger partial charge in [-0.05, 0) is 42.7 Å². The number of nitrogens with one attached hydrogen (secondary N) is 1. The zero-order valence-corrected chi connectivity index (χ0v) is 13.7. The molecule has 118 valence electrons. The summed E-state index contributed by atoms with van der Waals surface area (Å²) in [7, 11) is -2.21. The molecule has 2 aromatic rings. The van der Waals surface area contributed by atoms with E-state index in [1.54, 1.807) is 30.3 Å². The molecular formula is C17H21NO3S. The maximum Gasteiger partial charge on any atom is 0.265 e. The predicted molar refractivity (Wildman–Crippen MR) is 88.9 cm³/mol. The number of rotatable bonds is 7. The van der Waals surface area contributed by atoms with Gasteiger partial charge in [0.1, 0.15) is 10.6 Å². The maximum atomic E-state index is 12.4. The second kappa shape index (κ2) is 7.31. The molecule has 0 heterocycles. The van der Waals surface area contributed by atoms with E-state index >= 15 is 0 Å². The highest BCUT2D eigenvalue weighted by Gasteiger charge is 2.18. The molecule has 2 rings (SSSR count). The van der Waals surface area contributed by atoms with Crippen molar-refractivity contribution in [2.24, 2.45) is 0 Å². The molecule has 0 bridgehead atoms. The highest BCUT2D eigenvalue weighted by atomic mass is 32.2. The second-order valence-corrected chi connectivity index (χ2v) is 6.71. The van der Waals surface area contributed by atoms with Crippen molar-refractivity contribution in [3.8, 4) is 5.75 Å². The minimum atomic E-state index is -3.66. The van der Waals surface area contributed by atoms with Crippen LogP contribution < -0.4 is 9.46 Å². The lowest BCUT2D eigenvalue weighted by molar-refractivity contribution is 0.403. The van der Waals surface area contributed by atoms with Crippen LogP contribution in [0, 0.1) is 0 Å². The number of anilines is 1. The Labute approximate surface area is 132 Å². The Hall–Kier alpha value is -2.01. The normalized spacial score (nSPS) is 11.2. The molecule has 1 N–H and O–H groups in total. The van der Waals surface area contributed by atoms with Gasteiger partial charge in [0.05, 0.1) is 7.11 Å². The topological polar surface area (TPSA) is 55.4 Å². The minimum absolute atomic E-state index is 0.132. The third-order valence-electron chi connectivity index (χ3n) is 3.38. The molecule has 4 nitrogen and oxygen atoms in total. The Bertz CT molecular complexity index is 709. The molecule has 0 aliphatic carbocycles. The molecule has 0 atom stereocenters. The van der Waals surface area contributed by atoms with E-state index in [1.807, 2.05) is 12.1 Å². The Morgan fingerprint density at radius 3 is 2.36 bits per heavy atom. The van der Waals surface area contributed by atoms with Crippen molar-refractivity contribution in [2.75, 3.05) is 11.8 Å². The fourth-order valence-corrected chi connectivity index (χ4v) is 3.40. The first-order valence-corrected chi connectivity index (χ1v) is 8.80. The quantitative estimate of drug-likeness (QED) is 0.843. The van der Waals surface area contributed by atoms with Crippen LogP contribution in [0.1, 0.15) is 25.3 Å². The van der Waals surface area contributed by atoms with E-state index in [1.165, 1.54) is 18.7 Å². The fourth-order valence-electron chi connectivity index (χ4n) is 2.17. The van der Waals surface area contributed by atoms with Crippen LogP contribution in [0.4, 0.5) is 5.69 Å². The number of aryl methyl sites for hydroxylation is 1. The third-order valence-corrected chi connectivity index (χ3v) is 4.80. The molecule has 22 heavy (non-hydrogen) atoms. The van der Waals surface area contributed by atoms with Gasteiger partial charge in [-0.25, -0.2) is 8.42 Å². The van der Waals surface area contributed by atoms with Crippen LogP contribution >= 0.6 is 0 Å². The maximum absolute atomic E-state index is 12.4. The molecule has 5 heteroatoms. The molecule has 2 aromatic carbocycles. The summed E-state index contributed by atoms with van der Waals surface area (Å²) in [6, 6.07) is 14.0. The van der Waals surface area contributed by atoms with E-state index in [0.717, 1.165) is 19.3 Å². The van der Waals surface area contributed by atoms with Crippen LogP contribution in [0.3, 0.4) is 0 Å². The summed E-state index contributed by atoms with van der Waals surface area (Å²) in [5.74, 6) is 0.328. The largest absolute Gasteiger partial charge is 0.495 e. The lowest BCUT2D eigenvalue weighted by atomic mass is 10.1. The van der Waals surface area contributed by atoms with Crippen LogP contribution in [-0.2, 0) is 16.4 Å². The monoisotopic (exact) mass is 319 g/mol. The van der Waals surface area contributed by atoms with E-state index in [9.17, 15) is 8.42 Å². The third kappa shape index (κ3) is 4.01. The SMILES string of the molecule is CCCCc1ccc(NS(=O)(=O)c2ccccc2OC)cc1. The number of ether oxygens (including phenoxy) is 1. The number of methoxy groups -OCH3 is 1. The van der Waals surface area contributed by atoms with Gasteiger partial charge in [-0.1, -0.05) is 37.6 Å². The zero-order valence-electron chi connectivity index (χ0n) is 12.9. The number of benzene rings is 2. The van der Waals surface area contributed by atoms with Crippen molar-refractivity contribution in [1.82, 2.24) is 0 Å². The van der Waals surface area contributed by atoms with E-state index in [4.69, 9.17) is 4.74 Å². The number of unbranched alkanes of at least 4 members (excludes halogenated alkanes) is 1. The van der Waals surface area contributed by atoms with Gasteiger partial charge in [0.2, 0.25) is 0 Å². The lowest BCUT2D eigenvalue weighted by Crippen LogP contribution is -2.14. The summed E-state index contributed by atoms with van der Waals surface area (Å²) in [4.78, 5) is 0.132. The van der Waals surface area contributed by atoms with Crippen molar-refractivity contribution in [2.45, 2.75) is 31.1 Å². The van der Waals surface area contributed by atoms with Gasteiger partial charge < -0.3 is 4.74 Å². The van der Waals surface area contributed by atoms with Crippen molar-refractivity contribution in [1.29, 1.82) is 0 Å². The van der Waals surface area contributed by atoms with Gasteiger partial charge >= 0.3 is 0 Å². The molecule has 0 saturated carbocycles. The Morgan fingerprint density at radius 1 is 1.05 bits per heavy atom. The Kier molecular flexibility index (Phi) is 5.44. The van der Waals surface area contributed by atoms with Crippen LogP contribution in [-0.4, -0.2) is 15.5 Å².